The molecule has 0 aliphatic carbocycles. The van der Waals surface area contributed by atoms with Crippen LogP contribution in [0.25, 0.3) is 11.1 Å². The number of aryl methyl sites for hydroxylation is 3. The summed E-state index contributed by atoms with van der Waals surface area (Å²) in [5.41, 5.74) is 7.11. The Morgan fingerprint density at radius 2 is 1.25 bits per heavy atom. The van der Waals surface area contributed by atoms with Crippen LogP contribution in [-0.4, -0.2) is 48.4 Å². The van der Waals surface area contributed by atoms with Crippen molar-refractivity contribution < 1.29 is 36.9 Å². The number of benzene rings is 4. The fourth-order valence-corrected chi connectivity index (χ4v) is 5.92. The van der Waals surface area contributed by atoms with Crippen molar-refractivity contribution in [2.45, 2.75) is 44.1 Å². The van der Waals surface area contributed by atoms with E-state index >= 15 is 0 Å². The zero-order valence-corrected chi connectivity index (χ0v) is 26.7. The number of carbonyl (C=O) groups excluding carboxylic acids is 1. The predicted molar refractivity (Wildman–Crippen MR) is 168 cm³/mol. The molecular weight excluding hydrogens is 580 g/mol. The molecule has 0 aliphatic rings. The molecular formula is C35H38O8S. The molecule has 4 aromatic carbocycles. The van der Waals surface area contributed by atoms with Crippen molar-refractivity contribution in [2.24, 2.45) is 0 Å². The van der Waals surface area contributed by atoms with Gasteiger partial charge in [-0.2, -0.15) is 0 Å². The summed E-state index contributed by atoms with van der Waals surface area (Å²) in [7, 11) is -0.652. The minimum atomic E-state index is -3.73. The molecule has 44 heavy (non-hydrogen) atoms. The number of hydrogen-bond donors (Lipinski definition) is 0. The summed E-state index contributed by atoms with van der Waals surface area (Å²) in [5, 5.41) is 0. The second-order valence-corrected chi connectivity index (χ2v) is 12.4. The zero-order chi connectivity index (χ0) is 31.9. The number of carbonyl (C=O) groups is 1. The van der Waals surface area contributed by atoms with Crippen molar-refractivity contribution in [3.05, 3.63) is 101 Å². The number of sulfone groups is 1. The highest BCUT2D eigenvalue weighted by molar-refractivity contribution is 7.91. The molecule has 4 rings (SSSR count). The van der Waals surface area contributed by atoms with Gasteiger partial charge in [0.15, 0.2) is 0 Å². The van der Waals surface area contributed by atoms with Gasteiger partial charge in [-0.3, -0.25) is 0 Å². The summed E-state index contributed by atoms with van der Waals surface area (Å²) >= 11 is 0. The fourth-order valence-electron chi connectivity index (χ4n) is 4.66. The van der Waals surface area contributed by atoms with Gasteiger partial charge in [0.2, 0.25) is 9.84 Å². The summed E-state index contributed by atoms with van der Waals surface area (Å²) in [5.74, 6) is 1.02. The van der Waals surface area contributed by atoms with Gasteiger partial charge in [-0.05, 0) is 122 Å². The highest BCUT2D eigenvalue weighted by Crippen LogP contribution is 2.36. The van der Waals surface area contributed by atoms with Gasteiger partial charge in [-0.25, -0.2) is 13.2 Å². The first kappa shape index (κ1) is 32.7. The van der Waals surface area contributed by atoms with Gasteiger partial charge in [-0.15, -0.1) is 0 Å². The number of methoxy groups -OCH3 is 2. The molecule has 232 valence electrons. The number of rotatable bonds is 13. The van der Waals surface area contributed by atoms with Gasteiger partial charge in [0.05, 0.1) is 30.1 Å². The standard InChI is InChI=1S/C35H38O8S/c1-23-17-27(18-24(2)26(23)4)28-19-25(3)35(29(20-28)21-42-34(36)22-41-16-15-39-5)43-31-9-13-33(14-10-31)44(37,38)32-11-7-30(40-6)8-12-32/h7-14,17-20H,15-16,21-22H2,1-6H3. The second kappa shape index (κ2) is 14.5. The maximum atomic E-state index is 13.2. The SMILES string of the molecule is COCCOCC(=O)OCc1cc(-c2cc(C)c(C)c(C)c2)cc(C)c1Oc1ccc(S(=O)(=O)c2ccc(OC)cc2)cc1. The predicted octanol–water partition coefficient (Wildman–Crippen LogP) is 6.93. The molecule has 0 bridgehead atoms. The van der Waals surface area contributed by atoms with Gasteiger partial charge in [-0.1, -0.05) is 12.1 Å². The molecule has 0 amide bonds. The monoisotopic (exact) mass is 618 g/mol. The summed E-state index contributed by atoms with van der Waals surface area (Å²) in [6.07, 6.45) is 0. The second-order valence-electron chi connectivity index (χ2n) is 10.5. The number of ether oxygens (including phenoxy) is 5. The summed E-state index contributed by atoms with van der Waals surface area (Å²) in [6.45, 7) is 8.62. The van der Waals surface area contributed by atoms with Crippen molar-refractivity contribution in [1.82, 2.24) is 0 Å². The molecule has 4 aromatic rings. The van der Waals surface area contributed by atoms with Crippen LogP contribution in [-0.2, 0) is 35.4 Å². The van der Waals surface area contributed by atoms with E-state index in [9.17, 15) is 13.2 Å². The molecule has 0 radical (unpaired) electrons. The molecule has 8 nitrogen and oxygen atoms in total. The molecule has 0 unspecified atom stereocenters. The lowest BCUT2D eigenvalue weighted by atomic mass is 9.94. The van der Waals surface area contributed by atoms with Crippen molar-refractivity contribution in [1.29, 1.82) is 0 Å². The van der Waals surface area contributed by atoms with Crippen LogP contribution < -0.4 is 9.47 Å². The molecule has 0 aliphatic heterocycles. The lowest BCUT2D eigenvalue weighted by Crippen LogP contribution is -2.15. The van der Waals surface area contributed by atoms with E-state index in [0.717, 1.165) is 16.7 Å². The Labute approximate surface area is 259 Å². The normalized spacial score (nSPS) is 11.3. The quantitative estimate of drug-likeness (QED) is 0.118. The Kier molecular flexibility index (Phi) is 10.8. The minimum Gasteiger partial charge on any atom is -0.497 e. The van der Waals surface area contributed by atoms with Crippen LogP contribution in [0.4, 0.5) is 0 Å². The van der Waals surface area contributed by atoms with E-state index in [-0.39, 0.29) is 29.6 Å². The van der Waals surface area contributed by atoms with E-state index < -0.39 is 15.8 Å². The number of esters is 1. The van der Waals surface area contributed by atoms with Gasteiger partial charge in [0, 0.05) is 12.7 Å². The van der Waals surface area contributed by atoms with E-state index in [4.69, 9.17) is 23.7 Å². The van der Waals surface area contributed by atoms with Gasteiger partial charge < -0.3 is 23.7 Å². The van der Waals surface area contributed by atoms with Crippen molar-refractivity contribution in [2.75, 3.05) is 34.0 Å². The molecule has 0 fully saturated rings. The van der Waals surface area contributed by atoms with Crippen LogP contribution >= 0.6 is 0 Å². The van der Waals surface area contributed by atoms with Crippen molar-refractivity contribution in [3.8, 4) is 28.4 Å². The maximum Gasteiger partial charge on any atom is 0.332 e. The van der Waals surface area contributed by atoms with Crippen molar-refractivity contribution >= 4 is 15.8 Å². The molecule has 0 heterocycles. The molecule has 0 spiro atoms. The van der Waals surface area contributed by atoms with E-state index in [1.54, 1.807) is 31.4 Å². The van der Waals surface area contributed by atoms with Crippen LogP contribution in [0.2, 0.25) is 0 Å². The lowest BCUT2D eigenvalue weighted by Gasteiger charge is -2.18. The molecule has 0 atom stereocenters. The Morgan fingerprint density at radius 3 is 1.82 bits per heavy atom. The molecule has 0 aromatic heterocycles. The first-order valence-electron chi connectivity index (χ1n) is 14.1. The average Bonchev–Trinajstić information content (AvgIpc) is 3.02. The van der Waals surface area contributed by atoms with Gasteiger partial charge >= 0.3 is 5.97 Å². The van der Waals surface area contributed by atoms with Crippen LogP contribution in [0, 0.1) is 27.7 Å². The smallest absolute Gasteiger partial charge is 0.332 e. The van der Waals surface area contributed by atoms with E-state index in [2.05, 4.69) is 32.9 Å². The van der Waals surface area contributed by atoms with Crippen LogP contribution in [0.3, 0.4) is 0 Å². The van der Waals surface area contributed by atoms with Gasteiger partial charge in [0.25, 0.3) is 0 Å². The van der Waals surface area contributed by atoms with E-state index in [1.807, 2.05) is 19.1 Å². The first-order valence-corrected chi connectivity index (χ1v) is 15.6. The fraction of sp³-hybridized carbons (Fsp3) is 0.286. The minimum absolute atomic E-state index is 0.0375. The highest BCUT2D eigenvalue weighted by Gasteiger charge is 2.19. The summed E-state index contributed by atoms with van der Waals surface area (Å²) in [6, 6.07) is 20.7. The largest absolute Gasteiger partial charge is 0.497 e. The Hall–Kier alpha value is -4.18. The molecule has 0 saturated heterocycles. The topological polar surface area (TPSA) is 97.4 Å². The van der Waals surface area contributed by atoms with Gasteiger partial charge in [0.1, 0.15) is 30.5 Å². The van der Waals surface area contributed by atoms with Crippen LogP contribution in [0.15, 0.2) is 82.6 Å². The van der Waals surface area contributed by atoms with E-state index in [1.165, 1.54) is 48.1 Å². The van der Waals surface area contributed by atoms with E-state index in [0.29, 0.717) is 29.4 Å². The Morgan fingerprint density at radius 1 is 0.705 bits per heavy atom. The lowest BCUT2D eigenvalue weighted by molar-refractivity contribution is -0.150. The third kappa shape index (κ3) is 7.85. The number of hydrogen-bond acceptors (Lipinski definition) is 8. The Balaban J connectivity index is 1.62. The third-order valence-electron chi connectivity index (χ3n) is 7.38. The maximum absolute atomic E-state index is 13.2. The summed E-state index contributed by atoms with van der Waals surface area (Å²) < 4.78 is 53.6. The Bertz CT molecular complexity index is 1690. The molecule has 0 saturated carbocycles. The molecule has 9 heteroatoms. The third-order valence-corrected chi connectivity index (χ3v) is 9.16. The summed E-state index contributed by atoms with van der Waals surface area (Å²) in [4.78, 5) is 12.7. The van der Waals surface area contributed by atoms with Crippen LogP contribution in [0.5, 0.6) is 17.2 Å². The highest BCUT2D eigenvalue weighted by atomic mass is 32.2. The first-order chi connectivity index (χ1) is 21.0. The van der Waals surface area contributed by atoms with Crippen molar-refractivity contribution in [3.63, 3.8) is 0 Å². The van der Waals surface area contributed by atoms with Crippen LogP contribution in [0.1, 0.15) is 27.8 Å². The average molecular weight is 619 g/mol. The molecule has 0 N–H and O–H groups in total. The zero-order valence-electron chi connectivity index (χ0n) is 25.9.